The van der Waals surface area contributed by atoms with Gasteiger partial charge in [0.25, 0.3) is 0 Å². The molecule has 2 atom stereocenters. The highest BCUT2D eigenvalue weighted by Gasteiger charge is 2.34. The molecule has 0 aliphatic carbocycles. The third kappa shape index (κ3) is 5.23. The number of benzene rings is 1. The van der Waals surface area contributed by atoms with Crippen molar-refractivity contribution in [2.45, 2.75) is 37.9 Å². The number of hydrogen-bond acceptors (Lipinski definition) is 11. The van der Waals surface area contributed by atoms with E-state index < -0.39 is 6.10 Å². The highest BCUT2D eigenvalue weighted by atomic mass is 32.2. The lowest BCUT2D eigenvalue weighted by atomic mass is 10.1. The SMILES string of the molecule is CCc1nc2sc(N3CCN(CC(=O)N4CC(O)C4)C(C)C3)nn2c1N(C)C1NC(c2ccc(F)cc2)=C(C#N)S1. The molecule has 6 rings (SSSR count). The number of anilines is 2. The zero-order valence-electron chi connectivity index (χ0n) is 23.1. The molecule has 5 heterocycles. The fraction of sp³-hybridized carbons (Fsp3) is 0.481. The van der Waals surface area contributed by atoms with Crippen LogP contribution in [0, 0.1) is 17.1 Å². The molecule has 1 aromatic carbocycles. The zero-order chi connectivity index (χ0) is 28.8. The summed E-state index contributed by atoms with van der Waals surface area (Å²) in [6.07, 6.45) is 0.336. The molecule has 0 radical (unpaired) electrons. The van der Waals surface area contributed by atoms with Crippen LogP contribution in [0.3, 0.4) is 0 Å². The van der Waals surface area contributed by atoms with E-state index in [1.165, 1.54) is 23.9 Å². The molecule has 0 bridgehead atoms. The second-order valence-electron chi connectivity index (χ2n) is 10.6. The molecule has 2 unspecified atom stereocenters. The Morgan fingerprint density at radius 1 is 1.27 bits per heavy atom. The second-order valence-corrected chi connectivity index (χ2v) is 12.6. The first-order valence-electron chi connectivity index (χ1n) is 13.6. The summed E-state index contributed by atoms with van der Waals surface area (Å²) in [5.74, 6) is 0.609. The van der Waals surface area contributed by atoms with Gasteiger partial charge in [-0.05, 0) is 43.2 Å². The largest absolute Gasteiger partial charge is 0.389 e. The number of allylic oxidation sites excluding steroid dienone is 1. The van der Waals surface area contributed by atoms with Gasteiger partial charge in [-0.15, -0.1) is 5.10 Å². The number of aryl methyl sites for hydroxylation is 1. The van der Waals surface area contributed by atoms with Crippen LogP contribution >= 0.6 is 23.1 Å². The van der Waals surface area contributed by atoms with Gasteiger partial charge in [-0.25, -0.2) is 9.37 Å². The third-order valence-electron chi connectivity index (χ3n) is 7.81. The van der Waals surface area contributed by atoms with Crippen LogP contribution in [-0.4, -0.2) is 99.4 Å². The first-order valence-corrected chi connectivity index (χ1v) is 15.3. The van der Waals surface area contributed by atoms with Crippen molar-refractivity contribution in [3.05, 3.63) is 46.2 Å². The topological polar surface area (TPSA) is 116 Å². The molecule has 41 heavy (non-hydrogen) atoms. The number of aliphatic hydroxyl groups excluding tert-OH is 1. The van der Waals surface area contributed by atoms with Gasteiger partial charge >= 0.3 is 0 Å². The van der Waals surface area contributed by atoms with E-state index >= 15 is 0 Å². The number of carbonyl (C=O) groups is 1. The number of thioether (sulfide) groups is 1. The molecule has 2 saturated heterocycles. The molecule has 3 aromatic rings. The van der Waals surface area contributed by atoms with Crippen molar-refractivity contribution in [2.24, 2.45) is 0 Å². The summed E-state index contributed by atoms with van der Waals surface area (Å²) in [6.45, 7) is 7.65. The normalized spacial score (nSPS) is 21.8. The Kier molecular flexibility index (Phi) is 7.54. The Bertz CT molecular complexity index is 1530. The van der Waals surface area contributed by atoms with E-state index in [1.807, 2.05) is 11.6 Å². The van der Waals surface area contributed by atoms with Gasteiger partial charge < -0.3 is 25.1 Å². The average Bonchev–Trinajstić information content (AvgIpc) is 3.65. The van der Waals surface area contributed by atoms with Gasteiger partial charge in [0.1, 0.15) is 16.8 Å². The molecule has 11 nitrogen and oxygen atoms in total. The number of fused-ring (bicyclic) bond motifs is 1. The monoisotopic (exact) mass is 597 g/mol. The Balaban J connectivity index is 1.18. The summed E-state index contributed by atoms with van der Waals surface area (Å²) in [6, 6.07) is 8.58. The number of aliphatic hydroxyl groups is 1. The fourth-order valence-electron chi connectivity index (χ4n) is 5.41. The predicted octanol–water partition coefficient (Wildman–Crippen LogP) is 2.15. The van der Waals surface area contributed by atoms with Crippen molar-refractivity contribution >= 4 is 50.6 Å². The van der Waals surface area contributed by atoms with E-state index in [-0.39, 0.29) is 23.3 Å². The van der Waals surface area contributed by atoms with Gasteiger partial charge in [-0.3, -0.25) is 9.69 Å². The summed E-state index contributed by atoms with van der Waals surface area (Å²) in [5.41, 5.74) is 2.09. The van der Waals surface area contributed by atoms with Gasteiger partial charge in [0.2, 0.25) is 16.0 Å². The number of hydrogen-bond donors (Lipinski definition) is 2. The van der Waals surface area contributed by atoms with Crippen molar-refractivity contribution in [2.75, 3.05) is 56.1 Å². The number of nitrogens with zero attached hydrogens (tertiary/aromatic N) is 8. The zero-order valence-corrected chi connectivity index (χ0v) is 24.8. The van der Waals surface area contributed by atoms with Crippen LogP contribution in [0.1, 0.15) is 25.1 Å². The number of nitriles is 1. The predicted molar refractivity (Wildman–Crippen MR) is 158 cm³/mol. The van der Waals surface area contributed by atoms with E-state index in [0.717, 1.165) is 53.2 Å². The first kappa shape index (κ1) is 27.8. The Morgan fingerprint density at radius 2 is 2.02 bits per heavy atom. The van der Waals surface area contributed by atoms with E-state index in [0.29, 0.717) is 30.2 Å². The molecule has 2 fully saturated rings. The lowest BCUT2D eigenvalue weighted by molar-refractivity contribution is -0.143. The maximum atomic E-state index is 13.5. The molecular weight excluding hydrogens is 565 g/mol. The number of β-amino-alcohol motifs (C(OH)–C–C–N with tert-alkyl or cyclic N) is 1. The van der Waals surface area contributed by atoms with Gasteiger partial charge in [0.05, 0.1) is 24.0 Å². The smallest absolute Gasteiger partial charge is 0.236 e. The molecule has 14 heteroatoms. The van der Waals surface area contributed by atoms with Crippen LogP contribution in [0.15, 0.2) is 29.2 Å². The Morgan fingerprint density at radius 3 is 2.68 bits per heavy atom. The first-order chi connectivity index (χ1) is 19.7. The second kappa shape index (κ2) is 11.1. The number of amides is 1. The Labute approximate surface area is 245 Å². The van der Waals surface area contributed by atoms with Gasteiger partial charge in [-0.2, -0.15) is 9.78 Å². The molecular formula is C27H32FN9O2S2. The van der Waals surface area contributed by atoms with Crippen LogP contribution in [-0.2, 0) is 11.2 Å². The molecule has 2 N–H and O–H groups in total. The van der Waals surface area contributed by atoms with E-state index in [1.54, 1.807) is 28.4 Å². The van der Waals surface area contributed by atoms with E-state index in [4.69, 9.17) is 10.1 Å². The van der Waals surface area contributed by atoms with Crippen LogP contribution in [0.4, 0.5) is 15.3 Å². The highest BCUT2D eigenvalue weighted by molar-refractivity contribution is 8.04. The lowest BCUT2D eigenvalue weighted by Crippen LogP contribution is -2.59. The van der Waals surface area contributed by atoms with Crippen LogP contribution < -0.4 is 15.1 Å². The maximum Gasteiger partial charge on any atom is 0.236 e. The Hall–Kier alpha value is -3.38. The number of nitrogens with one attached hydrogen (secondary N) is 1. The van der Waals surface area contributed by atoms with E-state index in [9.17, 15) is 19.6 Å². The molecule has 3 aliphatic heterocycles. The number of rotatable bonds is 7. The van der Waals surface area contributed by atoms with Gasteiger partial charge in [0.15, 0.2) is 11.3 Å². The number of aromatic nitrogens is 3. The van der Waals surface area contributed by atoms with Crippen LogP contribution in [0.2, 0.25) is 0 Å². The minimum absolute atomic E-state index is 0.0677. The van der Waals surface area contributed by atoms with Crippen molar-refractivity contribution in [1.82, 2.24) is 29.7 Å². The summed E-state index contributed by atoms with van der Waals surface area (Å²) >= 11 is 2.96. The molecule has 0 saturated carbocycles. The number of piperazine rings is 1. The quantitative estimate of drug-likeness (QED) is 0.420. The van der Waals surface area contributed by atoms with Crippen molar-refractivity contribution in [3.63, 3.8) is 0 Å². The van der Waals surface area contributed by atoms with Crippen molar-refractivity contribution in [3.8, 4) is 6.07 Å². The minimum Gasteiger partial charge on any atom is -0.389 e. The fourth-order valence-corrected chi connectivity index (χ4v) is 7.37. The van der Waals surface area contributed by atoms with Crippen molar-refractivity contribution in [1.29, 1.82) is 5.26 Å². The van der Waals surface area contributed by atoms with Crippen LogP contribution in [0.25, 0.3) is 10.7 Å². The number of carbonyl (C=O) groups excluding carboxylic acids is 1. The summed E-state index contributed by atoms with van der Waals surface area (Å²) in [4.78, 5) is 27.0. The number of imidazole rings is 1. The third-order valence-corrected chi connectivity index (χ3v) is 9.96. The van der Waals surface area contributed by atoms with Crippen molar-refractivity contribution < 1.29 is 14.3 Å². The summed E-state index contributed by atoms with van der Waals surface area (Å²) < 4.78 is 15.4. The standard InChI is InChI=1S/C27H32FN9O2S2/c1-4-20-24(33(3)25-31-23(21(11-29)40-25)17-5-7-18(28)8-6-17)37-26(30-20)41-27(32-37)35-10-9-34(16(2)12-35)15-22(39)36-13-19(38)14-36/h5-8,16,19,25,31,38H,4,9-10,12-15H2,1-3H3. The van der Waals surface area contributed by atoms with Gasteiger partial charge in [-0.1, -0.05) is 30.0 Å². The van der Waals surface area contributed by atoms with Crippen LogP contribution in [0.5, 0.6) is 0 Å². The maximum absolute atomic E-state index is 13.5. The molecule has 216 valence electrons. The molecule has 0 spiro atoms. The van der Waals surface area contributed by atoms with E-state index in [2.05, 4.69) is 39.9 Å². The summed E-state index contributed by atoms with van der Waals surface area (Å²) in [5, 5.41) is 28.6. The lowest BCUT2D eigenvalue weighted by Gasteiger charge is -2.42. The molecule has 2 aromatic heterocycles. The number of likely N-dealkylation sites (tertiary alicyclic amines) is 1. The van der Waals surface area contributed by atoms with Gasteiger partial charge in [0, 0.05) is 45.8 Å². The number of halogens is 1. The minimum atomic E-state index is -0.390. The molecule has 3 aliphatic rings. The highest BCUT2D eigenvalue weighted by Crippen LogP contribution is 2.39. The molecule has 1 amide bonds. The average molecular weight is 598 g/mol. The summed E-state index contributed by atoms with van der Waals surface area (Å²) in [7, 11) is 1.96.